The molecule has 0 bridgehead atoms. The Labute approximate surface area is 124 Å². The molecule has 1 aliphatic heterocycles. The van der Waals surface area contributed by atoms with Crippen LogP contribution in [0.4, 0.5) is 4.79 Å². The van der Waals surface area contributed by atoms with Crippen molar-refractivity contribution in [3.05, 3.63) is 47.5 Å². The summed E-state index contributed by atoms with van der Waals surface area (Å²) in [6.07, 6.45) is 1.88. The second-order valence-corrected chi connectivity index (χ2v) is 5.31. The molecule has 0 saturated carbocycles. The van der Waals surface area contributed by atoms with Crippen LogP contribution in [0.25, 0.3) is 0 Å². The average Bonchev–Trinajstić information content (AvgIpc) is 2.46. The minimum absolute atomic E-state index is 0.186. The molecule has 4 nitrogen and oxygen atoms in total. The Balaban J connectivity index is 1.98. The number of benzene rings is 1. The van der Waals surface area contributed by atoms with Gasteiger partial charge >= 0.3 is 6.09 Å². The van der Waals surface area contributed by atoms with E-state index in [1.165, 1.54) is 4.90 Å². The highest BCUT2D eigenvalue weighted by Crippen LogP contribution is 2.19. The van der Waals surface area contributed by atoms with E-state index in [-0.39, 0.29) is 6.04 Å². The van der Waals surface area contributed by atoms with Crippen LogP contribution in [-0.4, -0.2) is 53.2 Å². The summed E-state index contributed by atoms with van der Waals surface area (Å²) in [6, 6.07) is 7.99. The zero-order chi connectivity index (χ0) is 14.5. The topological polar surface area (TPSA) is 43.8 Å². The molecular weight excluding hydrogens is 276 g/mol. The van der Waals surface area contributed by atoms with Gasteiger partial charge in [-0.2, -0.15) is 0 Å². The van der Waals surface area contributed by atoms with Crippen LogP contribution in [0.15, 0.2) is 36.9 Å². The summed E-state index contributed by atoms with van der Waals surface area (Å²) in [5, 5.41) is 9.73. The van der Waals surface area contributed by atoms with Crippen molar-refractivity contribution in [2.24, 2.45) is 0 Å². The average molecular weight is 295 g/mol. The van der Waals surface area contributed by atoms with Crippen molar-refractivity contribution in [2.75, 3.05) is 26.2 Å². The molecular formula is C15H19ClN2O2. The number of amides is 1. The highest BCUT2D eigenvalue weighted by molar-refractivity contribution is 6.31. The molecule has 1 atom stereocenters. The molecule has 1 fully saturated rings. The third-order valence-electron chi connectivity index (χ3n) is 3.71. The van der Waals surface area contributed by atoms with Gasteiger partial charge in [0.2, 0.25) is 0 Å². The Morgan fingerprint density at radius 1 is 1.35 bits per heavy atom. The normalized spacial score (nSPS) is 17.8. The van der Waals surface area contributed by atoms with Gasteiger partial charge in [-0.15, -0.1) is 6.58 Å². The first-order valence-electron chi connectivity index (χ1n) is 6.69. The number of carbonyl (C=O) groups is 1. The van der Waals surface area contributed by atoms with Crippen LogP contribution in [0.1, 0.15) is 5.56 Å². The van der Waals surface area contributed by atoms with Crippen molar-refractivity contribution in [3.63, 3.8) is 0 Å². The number of hydrogen-bond acceptors (Lipinski definition) is 2. The maximum absolute atomic E-state index is 10.9. The molecule has 1 unspecified atom stereocenters. The van der Waals surface area contributed by atoms with Crippen molar-refractivity contribution < 1.29 is 9.90 Å². The lowest BCUT2D eigenvalue weighted by Crippen LogP contribution is -2.51. The second kappa shape index (κ2) is 6.77. The molecule has 2 rings (SSSR count). The molecule has 108 valence electrons. The summed E-state index contributed by atoms with van der Waals surface area (Å²) in [5.41, 5.74) is 1.10. The summed E-state index contributed by atoms with van der Waals surface area (Å²) in [5.74, 6) is 0. The minimum Gasteiger partial charge on any atom is -0.465 e. The van der Waals surface area contributed by atoms with Gasteiger partial charge in [-0.3, -0.25) is 4.90 Å². The summed E-state index contributed by atoms with van der Waals surface area (Å²) in [7, 11) is 0. The Kier molecular flexibility index (Phi) is 5.04. The van der Waals surface area contributed by atoms with E-state index in [9.17, 15) is 4.79 Å². The Morgan fingerprint density at radius 3 is 2.55 bits per heavy atom. The van der Waals surface area contributed by atoms with Crippen LogP contribution in [0.3, 0.4) is 0 Å². The Bertz CT molecular complexity index is 485. The number of rotatable bonds is 4. The van der Waals surface area contributed by atoms with E-state index < -0.39 is 6.09 Å². The maximum atomic E-state index is 10.9. The highest BCUT2D eigenvalue weighted by Gasteiger charge is 2.24. The highest BCUT2D eigenvalue weighted by atomic mass is 35.5. The van der Waals surface area contributed by atoms with E-state index in [0.29, 0.717) is 13.1 Å². The first-order chi connectivity index (χ1) is 9.61. The largest absolute Gasteiger partial charge is 0.465 e. The molecule has 1 aliphatic rings. The van der Waals surface area contributed by atoms with E-state index >= 15 is 0 Å². The summed E-state index contributed by atoms with van der Waals surface area (Å²) in [6.45, 7) is 6.45. The smallest absolute Gasteiger partial charge is 0.407 e. The van der Waals surface area contributed by atoms with Gasteiger partial charge in [-0.25, -0.2) is 4.79 Å². The number of carboxylic acid groups (broad SMARTS) is 1. The van der Waals surface area contributed by atoms with E-state index in [1.807, 2.05) is 30.3 Å². The van der Waals surface area contributed by atoms with Gasteiger partial charge in [0, 0.05) is 37.2 Å². The minimum atomic E-state index is -0.842. The quantitative estimate of drug-likeness (QED) is 0.869. The van der Waals surface area contributed by atoms with E-state index in [2.05, 4.69) is 11.5 Å². The van der Waals surface area contributed by atoms with Crippen molar-refractivity contribution in [2.45, 2.75) is 12.5 Å². The molecule has 1 saturated heterocycles. The predicted octanol–water partition coefficient (Wildman–Crippen LogP) is 2.73. The monoisotopic (exact) mass is 294 g/mol. The van der Waals surface area contributed by atoms with E-state index in [1.54, 1.807) is 0 Å². The molecule has 1 aromatic carbocycles. The fourth-order valence-electron chi connectivity index (χ4n) is 2.50. The molecule has 0 radical (unpaired) electrons. The lowest BCUT2D eigenvalue weighted by Gasteiger charge is -2.37. The molecule has 1 aromatic rings. The molecule has 5 heteroatoms. The van der Waals surface area contributed by atoms with Gasteiger partial charge in [0.25, 0.3) is 0 Å². The third kappa shape index (κ3) is 3.52. The molecule has 0 aromatic heterocycles. The van der Waals surface area contributed by atoms with Crippen LogP contribution in [-0.2, 0) is 6.42 Å². The SMILES string of the molecule is C=CC(Cc1ccccc1Cl)N1CCN(C(=O)O)CC1. The van der Waals surface area contributed by atoms with Crippen molar-refractivity contribution >= 4 is 17.7 Å². The van der Waals surface area contributed by atoms with Crippen molar-refractivity contribution in [3.8, 4) is 0 Å². The third-order valence-corrected chi connectivity index (χ3v) is 4.08. The van der Waals surface area contributed by atoms with Crippen LogP contribution in [0.2, 0.25) is 5.02 Å². The summed E-state index contributed by atoms with van der Waals surface area (Å²) in [4.78, 5) is 14.6. The zero-order valence-corrected chi connectivity index (χ0v) is 12.1. The van der Waals surface area contributed by atoms with Gasteiger partial charge in [0.1, 0.15) is 0 Å². The van der Waals surface area contributed by atoms with E-state index in [4.69, 9.17) is 16.7 Å². The first kappa shape index (κ1) is 14.9. The second-order valence-electron chi connectivity index (χ2n) is 4.90. The summed E-state index contributed by atoms with van der Waals surface area (Å²) < 4.78 is 0. The van der Waals surface area contributed by atoms with Crippen molar-refractivity contribution in [1.29, 1.82) is 0 Å². The summed E-state index contributed by atoms with van der Waals surface area (Å²) >= 11 is 6.19. The number of halogens is 1. The van der Waals surface area contributed by atoms with Gasteiger partial charge in [-0.05, 0) is 18.1 Å². The van der Waals surface area contributed by atoms with Crippen LogP contribution < -0.4 is 0 Å². The fraction of sp³-hybridized carbons (Fsp3) is 0.400. The number of nitrogens with zero attached hydrogens (tertiary/aromatic N) is 2. The van der Waals surface area contributed by atoms with Gasteiger partial charge in [0.15, 0.2) is 0 Å². The van der Waals surface area contributed by atoms with Gasteiger partial charge in [-0.1, -0.05) is 35.9 Å². The standard InChI is InChI=1S/C15H19ClN2O2/c1-2-13(11-12-5-3-4-6-14(12)16)17-7-9-18(10-8-17)15(19)20/h2-6,13H,1,7-11H2,(H,19,20). The number of hydrogen-bond donors (Lipinski definition) is 1. The number of piperazine rings is 1. The zero-order valence-electron chi connectivity index (χ0n) is 11.3. The van der Waals surface area contributed by atoms with Gasteiger partial charge < -0.3 is 10.0 Å². The lowest BCUT2D eigenvalue weighted by molar-refractivity contribution is 0.0946. The van der Waals surface area contributed by atoms with Crippen molar-refractivity contribution in [1.82, 2.24) is 9.80 Å². The Morgan fingerprint density at radius 2 is 2.00 bits per heavy atom. The fourth-order valence-corrected chi connectivity index (χ4v) is 2.71. The first-order valence-corrected chi connectivity index (χ1v) is 7.07. The lowest BCUT2D eigenvalue weighted by atomic mass is 10.0. The van der Waals surface area contributed by atoms with Crippen LogP contribution in [0.5, 0.6) is 0 Å². The molecule has 1 heterocycles. The van der Waals surface area contributed by atoms with E-state index in [0.717, 1.165) is 30.1 Å². The Hall–Kier alpha value is -1.52. The molecule has 0 spiro atoms. The molecule has 0 aliphatic carbocycles. The predicted molar refractivity (Wildman–Crippen MR) is 80.3 cm³/mol. The molecule has 1 N–H and O–H groups in total. The van der Waals surface area contributed by atoms with Crippen LogP contribution >= 0.6 is 11.6 Å². The van der Waals surface area contributed by atoms with Gasteiger partial charge in [0.05, 0.1) is 0 Å². The van der Waals surface area contributed by atoms with Crippen LogP contribution in [0, 0.1) is 0 Å². The molecule has 1 amide bonds. The molecule has 20 heavy (non-hydrogen) atoms. The maximum Gasteiger partial charge on any atom is 0.407 e.